The topological polar surface area (TPSA) is 34.5 Å². The van der Waals surface area contributed by atoms with E-state index in [9.17, 15) is 4.79 Å². The number of carbonyl (C=O) groups is 1. The lowest BCUT2D eigenvalue weighted by molar-refractivity contribution is -0.0270. The van der Waals surface area contributed by atoms with Crippen molar-refractivity contribution >= 4 is 16.8 Å². The number of fused-ring (bicyclic) bond motifs is 2. The molecule has 1 aromatic carbocycles. The molecule has 0 radical (unpaired) electrons. The summed E-state index contributed by atoms with van der Waals surface area (Å²) in [7, 11) is 0. The Bertz CT molecular complexity index is 762. The van der Waals surface area contributed by atoms with Crippen molar-refractivity contribution < 1.29 is 9.53 Å². The summed E-state index contributed by atoms with van der Waals surface area (Å²) in [5.74, 6) is 0.670. The smallest absolute Gasteiger partial charge is 0.256 e. The first-order valence-electron chi connectivity index (χ1n) is 8.87. The number of amides is 1. The number of piperidine rings is 1. The van der Waals surface area contributed by atoms with Gasteiger partial charge in [-0.3, -0.25) is 4.79 Å². The number of nitrogens with zero attached hydrogens (tertiary/aromatic N) is 2. The Labute approximate surface area is 142 Å². The van der Waals surface area contributed by atoms with Crippen LogP contribution in [-0.2, 0) is 11.3 Å². The summed E-state index contributed by atoms with van der Waals surface area (Å²) in [6.07, 6.45) is 7.07. The minimum absolute atomic E-state index is 0.172. The highest BCUT2D eigenvalue weighted by Gasteiger charge is 2.37. The van der Waals surface area contributed by atoms with Crippen molar-refractivity contribution in [1.82, 2.24) is 9.47 Å². The zero-order chi connectivity index (χ0) is 16.5. The van der Waals surface area contributed by atoms with E-state index < -0.39 is 0 Å². The Balaban J connectivity index is 1.71. The van der Waals surface area contributed by atoms with E-state index in [1.54, 1.807) is 0 Å². The number of carbonyl (C=O) groups excluding carboxylic acids is 1. The van der Waals surface area contributed by atoms with Crippen LogP contribution >= 0.6 is 0 Å². The molecule has 2 aliphatic heterocycles. The first kappa shape index (κ1) is 15.5. The van der Waals surface area contributed by atoms with Gasteiger partial charge in [-0.15, -0.1) is 6.58 Å². The van der Waals surface area contributed by atoms with Crippen molar-refractivity contribution in [2.24, 2.45) is 5.92 Å². The average Bonchev–Trinajstić information content (AvgIpc) is 3.00. The molecule has 2 aromatic rings. The molecule has 0 aliphatic carbocycles. The van der Waals surface area contributed by atoms with Gasteiger partial charge in [0.2, 0.25) is 0 Å². The zero-order valence-corrected chi connectivity index (χ0v) is 14.0. The van der Waals surface area contributed by atoms with Crippen molar-refractivity contribution in [3.63, 3.8) is 0 Å². The van der Waals surface area contributed by atoms with Crippen LogP contribution in [0.2, 0.25) is 0 Å². The Morgan fingerprint density at radius 3 is 3.08 bits per heavy atom. The number of benzene rings is 1. The van der Waals surface area contributed by atoms with Gasteiger partial charge in [-0.1, -0.05) is 24.3 Å². The van der Waals surface area contributed by atoms with E-state index in [1.807, 2.05) is 30.5 Å². The minimum atomic E-state index is 0.172. The molecule has 4 rings (SSSR count). The normalized spacial score (nSPS) is 23.9. The minimum Gasteiger partial charge on any atom is -0.381 e. The summed E-state index contributed by atoms with van der Waals surface area (Å²) >= 11 is 0. The van der Waals surface area contributed by atoms with E-state index in [2.05, 4.69) is 22.1 Å². The van der Waals surface area contributed by atoms with Crippen LogP contribution in [0, 0.1) is 5.92 Å². The maximum Gasteiger partial charge on any atom is 0.256 e. The third-order valence-corrected chi connectivity index (χ3v) is 5.41. The predicted octanol–water partition coefficient (Wildman–Crippen LogP) is 3.47. The van der Waals surface area contributed by atoms with Crippen LogP contribution in [0.15, 0.2) is 43.1 Å². The Morgan fingerprint density at radius 1 is 1.33 bits per heavy atom. The number of ether oxygens (including phenoxy) is 1. The van der Waals surface area contributed by atoms with Gasteiger partial charge in [0.05, 0.1) is 12.2 Å². The van der Waals surface area contributed by atoms with Crippen LogP contribution in [0.1, 0.15) is 29.6 Å². The summed E-state index contributed by atoms with van der Waals surface area (Å²) in [5.41, 5.74) is 1.92. The van der Waals surface area contributed by atoms with Crippen molar-refractivity contribution in [2.45, 2.75) is 31.8 Å². The summed E-state index contributed by atoms with van der Waals surface area (Å²) in [4.78, 5) is 15.4. The fourth-order valence-electron chi connectivity index (χ4n) is 4.28. The summed E-state index contributed by atoms with van der Waals surface area (Å²) < 4.78 is 7.74. The highest BCUT2D eigenvalue weighted by Crippen LogP contribution is 2.32. The van der Waals surface area contributed by atoms with Gasteiger partial charge in [-0.2, -0.15) is 0 Å². The monoisotopic (exact) mass is 324 g/mol. The van der Waals surface area contributed by atoms with Gasteiger partial charge in [0.1, 0.15) is 0 Å². The van der Waals surface area contributed by atoms with Crippen LogP contribution in [-0.4, -0.2) is 41.2 Å². The van der Waals surface area contributed by atoms with Gasteiger partial charge in [0.15, 0.2) is 0 Å². The molecule has 0 spiro atoms. The number of para-hydroxylation sites is 1. The Morgan fingerprint density at radius 2 is 2.21 bits per heavy atom. The molecule has 4 nitrogen and oxygen atoms in total. The third-order valence-electron chi connectivity index (χ3n) is 5.41. The lowest BCUT2D eigenvalue weighted by Gasteiger charge is -2.43. The molecular weight excluding hydrogens is 300 g/mol. The number of aromatic nitrogens is 1. The van der Waals surface area contributed by atoms with E-state index in [4.69, 9.17) is 4.74 Å². The molecule has 4 heteroatoms. The first-order chi connectivity index (χ1) is 11.8. The van der Waals surface area contributed by atoms with Crippen LogP contribution in [0.3, 0.4) is 0 Å². The van der Waals surface area contributed by atoms with Crippen LogP contribution in [0.5, 0.6) is 0 Å². The molecular formula is C20H24N2O2. The van der Waals surface area contributed by atoms with E-state index >= 15 is 0 Å². The Kier molecular flexibility index (Phi) is 4.15. The molecule has 3 heterocycles. The molecule has 0 saturated carbocycles. The number of rotatable bonds is 3. The number of likely N-dealkylation sites (tertiary alicyclic amines) is 1. The number of hydrogen-bond acceptors (Lipinski definition) is 2. The fourth-order valence-corrected chi connectivity index (χ4v) is 4.28. The molecule has 0 N–H and O–H groups in total. The van der Waals surface area contributed by atoms with E-state index in [0.29, 0.717) is 18.5 Å². The molecule has 0 bridgehead atoms. The molecule has 24 heavy (non-hydrogen) atoms. The largest absolute Gasteiger partial charge is 0.381 e. The van der Waals surface area contributed by atoms with Crippen LogP contribution < -0.4 is 0 Å². The lowest BCUT2D eigenvalue weighted by atomic mass is 9.86. The highest BCUT2D eigenvalue weighted by atomic mass is 16.5. The number of allylic oxidation sites excluding steroid dienone is 1. The maximum atomic E-state index is 13.3. The molecule has 2 aliphatic rings. The van der Waals surface area contributed by atoms with E-state index in [0.717, 1.165) is 49.1 Å². The van der Waals surface area contributed by atoms with Gasteiger partial charge in [0.25, 0.3) is 5.91 Å². The van der Waals surface area contributed by atoms with Crippen molar-refractivity contribution in [3.8, 4) is 0 Å². The Hall–Kier alpha value is -2.07. The molecule has 126 valence electrons. The van der Waals surface area contributed by atoms with Crippen molar-refractivity contribution in [3.05, 3.63) is 48.7 Å². The molecule has 2 saturated heterocycles. The average molecular weight is 324 g/mol. The lowest BCUT2D eigenvalue weighted by Crippen LogP contribution is -2.52. The third kappa shape index (κ3) is 2.55. The first-order valence-corrected chi connectivity index (χ1v) is 8.87. The highest BCUT2D eigenvalue weighted by molar-refractivity contribution is 6.07. The maximum absolute atomic E-state index is 13.3. The SMILES string of the molecule is C=CCn1cc(C(=O)N2CCC[C@@H]3COCC[C@H]32)c2ccccc21. The zero-order valence-electron chi connectivity index (χ0n) is 14.0. The van der Waals surface area contributed by atoms with Gasteiger partial charge in [-0.25, -0.2) is 0 Å². The quantitative estimate of drug-likeness (QED) is 0.810. The number of hydrogen-bond donors (Lipinski definition) is 0. The van der Waals surface area contributed by atoms with Crippen LogP contribution in [0.4, 0.5) is 0 Å². The molecule has 0 unspecified atom stereocenters. The second-order valence-electron chi connectivity index (χ2n) is 6.83. The summed E-state index contributed by atoms with van der Waals surface area (Å²) in [6, 6.07) is 8.48. The summed E-state index contributed by atoms with van der Waals surface area (Å²) in [6.45, 7) is 6.97. The molecule has 2 atom stereocenters. The van der Waals surface area contributed by atoms with Gasteiger partial charge >= 0.3 is 0 Å². The van der Waals surface area contributed by atoms with Crippen molar-refractivity contribution in [1.29, 1.82) is 0 Å². The fraction of sp³-hybridized carbons (Fsp3) is 0.450. The van der Waals surface area contributed by atoms with E-state index in [-0.39, 0.29) is 5.91 Å². The van der Waals surface area contributed by atoms with E-state index in [1.165, 1.54) is 6.42 Å². The van der Waals surface area contributed by atoms with Gasteiger partial charge < -0.3 is 14.2 Å². The van der Waals surface area contributed by atoms with Crippen molar-refractivity contribution in [2.75, 3.05) is 19.8 Å². The van der Waals surface area contributed by atoms with Gasteiger partial charge in [-0.05, 0) is 25.3 Å². The molecule has 1 aromatic heterocycles. The predicted molar refractivity (Wildman–Crippen MR) is 95.1 cm³/mol. The second-order valence-corrected chi connectivity index (χ2v) is 6.83. The second kappa shape index (κ2) is 6.44. The standard InChI is InChI=1S/C20H24N2O2/c1-2-10-21-13-17(16-7-3-4-8-19(16)21)20(23)22-11-5-6-15-14-24-12-9-18(15)22/h2-4,7-8,13,15,18H,1,5-6,9-12,14H2/t15-,18-/m1/s1. The molecule has 2 fully saturated rings. The summed E-state index contributed by atoms with van der Waals surface area (Å²) in [5, 5.41) is 1.04. The van der Waals surface area contributed by atoms with Gasteiger partial charge in [0, 0.05) is 48.8 Å². The van der Waals surface area contributed by atoms with Crippen LogP contribution in [0.25, 0.3) is 10.9 Å². The molecule has 1 amide bonds.